The first kappa shape index (κ1) is 17.4. The molecule has 0 spiro atoms. The zero-order chi connectivity index (χ0) is 17.8. The largest absolute Gasteiger partial charge is 0.311 e. The molecule has 0 radical (unpaired) electrons. The van der Waals surface area contributed by atoms with E-state index in [1.807, 2.05) is 31.2 Å². The van der Waals surface area contributed by atoms with Crippen molar-refractivity contribution in [1.29, 1.82) is 0 Å². The maximum atomic E-state index is 12.2. The molecule has 2 aromatic heterocycles. The highest BCUT2D eigenvalue weighted by Crippen LogP contribution is 2.14. The molecule has 0 fully saturated rings. The highest BCUT2D eigenvalue weighted by atomic mass is 35.5. The molecule has 0 aliphatic heterocycles. The van der Waals surface area contributed by atoms with Gasteiger partial charge in [-0.15, -0.1) is 0 Å². The Balaban J connectivity index is 1.61. The molecule has 3 rings (SSSR count). The molecule has 25 heavy (non-hydrogen) atoms. The molecule has 0 aliphatic carbocycles. The predicted molar refractivity (Wildman–Crippen MR) is 99.3 cm³/mol. The van der Waals surface area contributed by atoms with Crippen LogP contribution in [0.3, 0.4) is 0 Å². The number of halogens is 1. The van der Waals surface area contributed by atoms with Crippen LogP contribution >= 0.6 is 22.9 Å². The van der Waals surface area contributed by atoms with Crippen LogP contribution in [-0.4, -0.2) is 20.3 Å². The number of benzene rings is 1. The molecule has 2 heterocycles. The summed E-state index contributed by atoms with van der Waals surface area (Å²) in [7, 11) is 0. The third-order valence-corrected chi connectivity index (χ3v) is 4.90. The Kier molecular flexibility index (Phi) is 5.35. The van der Waals surface area contributed by atoms with Crippen molar-refractivity contribution in [2.24, 2.45) is 0 Å². The molecule has 0 atom stereocenters. The van der Waals surface area contributed by atoms with Crippen LogP contribution in [0.15, 0.2) is 46.7 Å². The summed E-state index contributed by atoms with van der Waals surface area (Å²) >= 11 is 7.03. The summed E-state index contributed by atoms with van der Waals surface area (Å²) in [4.78, 5) is 23.8. The maximum Gasteiger partial charge on any atom is 0.307 e. The number of hydrogen-bond donors (Lipinski definition) is 1. The van der Waals surface area contributed by atoms with Crippen molar-refractivity contribution in [3.05, 3.63) is 67.9 Å². The first-order valence-electron chi connectivity index (χ1n) is 7.74. The van der Waals surface area contributed by atoms with Gasteiger partial charge in [0.25, 0.3) is 0 Å². The smallest absolute Gasteiger partial charge is 0.307 e. The predicted octanol–water partition coefficient (Wildman–Crippen LogP) is 3.15. The molecule has 6 nitrogen and oxygen atoms in total. The fourth-order valence-electron chi connectivity index (χ4n) is 2.42. The van der Waals surface area contributed by atoms with Crippen LogP contribution in [-0.2, 0) is 17.9 Å². The Morgan fingerprint density at radius 2 is 2.04 bits per heavy atom. The van der Waals surface area contributed by atoms with Gasteiger partial charge in [0, 0.05) is 35.1 Å². The standard InChI is InChI=1S/C17H17ClN4O2S/c1-12-11-25-17(24)21(12)9-7-16(23)20-15-6-8-19-22(15)10-13-2-4-14(18)5-3-13/h2-6,8,11H,7,9-10H2,1H3,(H,20,23). The molecular formula is C17H17ClN4O2S. The lowest BCUT2D eigenvalue weighted by atomic mass is 10.2. The van der Waals surface area contributed by atoms with Crippen LogP contribution in [0.1, 0.15) is 17.7 Å². The van der Waals surface area contributed by atoms with Gasteiger partial charge in [-0.1, -0.05) is 35.1 Å². The Labute approximate surface area is 153 Å². The molecule has 1 amide bonds. The van der Waals surface area contributed by atoms with Crippen molar-refractivity contribution in [3.8, 4) is 0 Å². The fraction of sp³-hybridized carbons (Fsp3) is 0.235. The first-order valence-corrected chi connectivity index (χ1v) is 9.00. The number of thiazole rings is 1. The van der Waals surface area contributed by atoms with Crippen molar-refractivity contribution in [2.45, 2.75) is 26.4 Å². The van der Waals surface area contributed by atoms with Gasteiger partial charge in [-0.05, 0) is 24.6 Å². The second-order valence-electron chi connectivity index (χ2n) is 5.59. The Hall–Kier alpha value is -2.38. The average molecular weight is 377 g/mol. The summed E-state index contributed by atoms with van der Waals surface area (Å²) in [6, 6.07) is 9.22. The number of carbonyl (C=O) groups excluding carboxylic acids is 1. The third kappa shape index (κ3) is 4.37. The van der Waals surface area contributed by atoms with Crippen LogP contribution in [0, 0.1) is 6.92 Å². The lowest BCUT2D eigenvalue weighted by Crippen LogP contribution is -2.21. The monoisotopic (exact) mass is 376 g/mol. The summed E-state index contributed by atoms with van der Waals surface area (Å²) < 4.78 is 3.32. The second kappa shape index (κ2) is 7.67. The average Bonchev–Trinajstić information content (AvgIpc) is 3.15. The molecule has 0 unspecified atom stereocenters. The molecule has 1 N–H and O–H groups in total. The number of nitrogens with one attached hydrogen (secondary N) is 1. The van der Waals surface area contributed by atoms with Crippen molar-refractivity contribution >= 4 is 34.7 Å². The van der Waals surface area contributed by atoms with E-state index in [9.17, 15) is 9.59 Å². The Morgan fingerprint density at radius 1 is 1.28 bits per heavy atom. The van der Waals surface area contributed by atoms with Gasteiger partial charge in [-0.2, -0.15) is 5.10 Å². The van der Waals surface area contributed by atoms with E-state index in [0.29, 0.717) is 23.9 Å². The zero-order valence-corrected chi connectivity index (χ0v) is 15.2. The van der Waals surface area contributed by atoms with E-state index >= 15 is 0 Å². The Bertz CT molecular complexity index is 927. The highest BCUT2D eigenvalue weighted by molar-refractivity contribution is 7.07. The lowest BCUT2D eigenvalue weighted by molar-refractivity contribution is -0.116. The fourth-order valence-corrected chi connectivity index (χ4v) is 3.31. The number of carbonyl (C=O) groups is 1. The molecule has 0 saturated heterocycles. The lowest BCUT2D eigenvalue weighted by Gasteiger charge is -2.10. The highest BCUT2D eigenvalue weighted by Gasteiger charge is 2.10. The van der Waals surface area contributed by atoms with Crippen molar-refractivity contribution in [1.82, 2.24) is 14.3 Å². The molecule has 0 aliphatic rings. The van der Waals surface area contributed by atoms with Gasteiger partial charge < -0.3 is 9.88 Å². The van der Waals surface area contributed by atoms with Crippen LogP contribution in [0.4, 0.5) is 5.82 Å². The van der Waals surface area contributed by atoms with Crippen molar-refractivity contribution in [2.75, 3.05) is 5.32 Å². The third-order valence-electron chi connectivity index (χ3n) is 3.77. The SMILES string of the molecule is Cc1csc(=O)n1CCC(=O)Nc1ccnn1Cc1ccc(Cl)cc1. The molecule has 0 bridgehead atoms. The van der Waals surface area contributed by atoms with E-state index in [1.54, 1.807) is 26.9 Å². The number of anilines is 1. The minimum Gasteiger partial charge on any atom is -0.311 e. The molecule has 0 saturated carbocycles. The van der Waals surface area contributed by atoms with Crippen LogP contribution in [0.25, 0.3) is 0 Å². The number of aryl methyl sites for hydroxylation is 1. The van der Waals surface area contributed by atoms with E-state index in [4.69, 9.17) is 11.6 Å². The van der Waals surface area contributed by atoms with E-state index in [1.165, 1.54) is 0 Å². The topological polar surface area (TPSA) is 68.9 Å². The van der Waals surface area contributed by atoms with Crippen LogP contribution in [0.5, 0.6) is 0 Å². The van der Waals surface area contributed by atoms with Crippen molar-refractivity contribution < 1.29 is 4.79 Å². The molecule has 8 heteroatoms. The van der Waals surface area contributed by atoms with E-state index in [0.717, 1.165) is 22.6 Å². The van der Waals surface area contributed by atoms with Gasteiger partial charge in [0.2, 0.25) is 5.91 Å². The summed E-state index contributed by atoms with van der Waals surface area (Å²) in [5.41, 5.74) is 1.90. The van der Waals surface area contributed by atoms with Gasteiger partial charge in [-0.3, -0.25) is 9.59 Å². The summed E-state index contributed by atoms with van der Waals surface area (Å²) in [6.45, 7) is 2.76. The summed E-state index contributed by atoms with van der Waals surface area (Å²) in [6.07, 6.45) is 1.86. The van der Waals surface area contributed by atoms with Crippen molar-refractivity contribution in [3.63, 3.8) is 0 Å². The number of hydrogen-bond acceptors (Lipinski definition) is 4. The summed E-state index contributed by atoms with van der Waals surface area (Å²) in [5, 5.41) is 9.56. The number of aromatic nitrogens is 3. The zero-order valence-electron chi connectivity index (χ0n) is 13.6. The van der Waals surface area contributed by atoms with Crippen LogP contribution in [0.2, 0.25) is 5.02 Å². The van der Waals surface area contributed by atoms with Gasteiger partial charge in [0.1, 0.15) is 5.82 Å². The van der Waals surface area contributed by atoms with E-state index < -0.39 is 0 Å². The molecular weight excluding hydrogens is 360 g/mol. The van der Waals surface area contributed by atoms with Gasteiger partial charge in [0.05, 0.1) is 12.7 Å². The second-order valence-corrected chi connectivity index (χ2v) is 6.85. The van der Waals surface area contributed by atoms with E-state index in [2.05, 4.69) is 10.4 Å². The molecule has 130 valence electrons. The minimum atomic E-state index is -0.157. The number of amides is 1. The number of nitrogens with zero attached hydrogens (tertiary/aromatic N) is 3. The number of rotatable bonds is 6. The van der Waals surface area contributed by atoms with Gasteiger partial charge in [0.15, 0.2) is 0 Å². The first-order chi connectivity index (χ1) is 12.0. The van der Waals surface area contributed by atoms with Crippen LogP contribution < -0.4 is 10.2 Å². The van der Waals surface area contributed by atoms with E-state index in [-0.39, 0.29) is 17.2 Å². The maximum absolute atomic E-state index is 12.2. The quantitative estimate of drug-likeness (QED) is 0.718. The summed E-state index contributed by atoms with van der Waals surface area (Å²) in [5.74, 6) is 0.463. The molecule has 3 aromatic rings. The van der Waals surface area contributed by atoms with Gasteiger partial charge in [-0.25, -0.2) is 4.68 Å². The Morgan fingerprint density at radius 3 is 2.72 bits per heavy atom. The molecule has 1 aromatic carbocycles. The normalized spacial score (nSPS) is 10.8. The van der Waals surface area contributed by atoms with Gasteiger partial charge >= 0.3 is 4.87 Å². The minimum absolute atomic E-state index is 0.0434.